The first-order valence-corrected chi connectivity index (χ1v) is 9.23. The molecule has 0 fully saturated rings. The average molecular weight is 437 g/mol. The van der Waals surface area contributed by atoms with Gasteiger partial charge in [0.25, 0.3) is 5.56 Å². The molecule has 0 aliphatic carbocycles. The quantitative estimate of drug-likeness (QED) is 0.506. The number of imidazole rings is 1. The average Bonchev–Trinajstić information content (AvgIpc) is 3.32. The van der Waals surface area contributed by atoms with Crippen molar-refractivity contribution in [2.75, 3.05) is 0 Å². The van der Waals surface area contributed by atoms with Crippen LogP contribution in [0.3, 0.4) is 0 Å². The van der Waals surface area contributed by atoms with Crippen molar-refractivity contribution in [3.8, 4) is 0 Å². The number of aromatic nitrogens is 6. The van der Waals surface area contributed by atoms with Gasteiger partial charge < -0.3 is 14.2 Å². The molecule has 0 bridgehead atoms. The van der Waals surface area contributed by atoms with Gasteiger partial charge in [0.15, 0.2) is 17.0 Å². The van der Waals surface area contributed by atoms with Crippen LogP contribution in [0.5, 0.6) is 0 Å². The highest BCUT2D eigenvalue weighted by molar-refractivity contribution is 9.11. The molecular weight excluding hydrogens is 424 g/mol. The van der Waals surface area contributed by atoms with Gasteiger partial charge in [-0.25, -0.2) is 9.97 Å². The van der Waals surface area contributed by atoms with Crippen LogP contribution in [0.2, 0.25) is 0 Å². The molecule has 0 saturated carbocycles. The van der Waals surface area contributed by atoms with Crippen molar-refractivity contribution < 1.29 is 9.63 Å². The van der Waals surface area contributed by atoms with Crippen LogP contribution in [0.4, 0.5) is 0 Å². The molecule has 4 aromatic rings. The molecule has 0 aliphatic rings. The lowest BCUT2D eigenvalue weighted by Gasteiger charge is -2.04. The second-order valence-corrected chi connectivity index (χ2v) is 8.17. The van der Waals surface area contributed by atoms with Gasteiger partial charge in [-0.1, -0.05) is 5.16 Å². The number of rotatable bonds is 5. The highest BCUT2D eigenvalue weighted by Gasteiger charge is 2.16. The Morgan fingerprint density at radius 2 is 2.15 bits per heavy atom. The third kappa shape index (κ3) is 3.20. The molecule has 0 aliphatic heterocycles. The summed E-state index contributed by atoms with van der Waals surface area (Å²) in [7, 11) is 1.73. The highest BCUT2D eigenvalue weighted by atomic mass is 79.9. The fourth-order valence-electron chi connectivity index (χ4n) is 2.55. The van der Waals surface area contributed by atoms with Crippen molar-refractivity contribution >= 4 is 38.4 Å². The minimum atomic E-state index is -0.716. The Balaban J connectivity index is 1.53. The molecule has 1 atom stereocenters. The Hall–Kier alpha value is -2.37. The molecule has 0 aromatic carbocycles. The summed E-state index contributed by atoms with van der Waals surface area (Å²) in [5, 5.41) is 14.1. The number of hydrogen-bond donors (Lipinski definition) is 1. The van der Waals surface area contributed by atoms with Crippen molar-refractivity contribution in [2.45, 2.75) is 19.1 Å². The van der Waals surface area contributed by atoms with Gasteiger partial charge in [0.1, 0.15) is 12.9 Å². The number of aryl methyl sites for hydroxylation is 1. The van der Waals surface area contributed by atoms with E-state index in [0.29, 0.717) is 17.0 Å². The van der Waals surface area contributed by atoms with Crippen molar-refractivity contribution in [2.24, 2.45) is 7.05 Å². The summed E-state index contributed by atoms with van der Waals surface area (Å²) in [6.07, 6.45) is 2.45. The van der Waals surface area contributed by atoms with E-state index in [1.165, 1.54) is 22.2 Å². The summed E-state index contributed by atoms with van der Waals surface area (Å²) in [5.74, 6) is 0.643. The molecule has 134 valence electrons. The van der Waals surface area contributed by atoms with Gasteiger partial charge in [-0.15, -0.1) is 11.3 Å². The SMILES string of the molecule is Cn1cnc2ncn(Cc3nc(CC(O)c4ccc(Br)s4)no3)c(=O)c21. The maximum absolute atomic E-state index is 12.5. The first-order valence-electron chi connectivity index (χ1n) is 7.62. The number of aliphatic hydroxyl groups excluding tert-OH is 1. The predicted molar refractivity (Wildman–Crippen MR) is 96.9 cm³/mol. The minimum Gasteiger partial charge on any atom is -0.387 e. The Labute approximate surface area is 159 Å². The lowest BCUT2D eigenvalue weighted by Crippen LogP contribution is -2.22. The summed E-state index contributed by atoms with van der Waals surface area (Å²) in [5.41, 5.74) is 0.564. The molecule has 0 radical (unpaired) electrons. The standard InChI is InChI=1S/C15H13BrN6O3S/c1-21-6-17-14-13(21)15(24)22(7-18-14)5-12-19-11(20-25-12)4-8(23)9-2-3-10(16)26-9/h2-3,6-8,23H,4-5H2,1H3. The summed E-state index contributed by atoms with van der Waals surface area (Å²) in [6, 6.07) is 3.72. The van der Waals surface area contributed by atoms with E-state index < -0.39 is 6.10 Å². The smallest absolute Gasteiger partial charge is 0.280 e. The monoisotopic (exact) mass is 436 g/mol. The normalized spacial score (nSPS) is 12.7. The maximum atomic E-state index is 12.5. The second kappa shape index (κ2) is 6.74. The van der Waals surface area contributed by atoms with E-state index in [4.69, 9.17) is 4.52 Å². The van der Waals surface area contributed by atoms with Gasteiger partial charge in [-0.3, -0.25) is 9.36 Å². The number of halogens is 1. The molecule has 11 heteroatoms. The van der Waals surface area contributed by atoms with Crippen LogP contribution in [0.25, 0.3) is 11.2 Å². The zero-order chi connectivity index (χ0) is 18.3. The van der Waals surface area contributed by atoms with Crippen LogP contribution in [-0.2, 0) is 20.0 Å². The van der Waals surface area contributed by atoms with Crippen molar-refractivity contribution in [3.63, 3.8) is 0 Å². The zero-order valence-corrected chi connectivity index (χ0v) is 15.9. The fourth-order valence-corrected chi connectivity index (χ4v) is 3.96. The Kier molecular flexibility index (Phi) is 4.42. The van der Waals surface area contributed by atoms with Gasteiger partial charge in [0, 0.05) is 18.3 Å². The Bertz CT molecular complexity index is 1130. The molecule has 9 nitrogen and oxygen atoms in total. The van der Waals surface area contributed by atoms with Crippen LogP contribution in [0.1, 0.15) is 22.7 Å². The molecule has 1 unspecified atom stereocenters. The lowest BCUT2D eigenvalue weighted by molar-refractivity contribution is 0.178. The Morgan fingerprint density at radius 1 is 1.35 bits per heavy atom. The number of hydrogen-bond acceptors (Lipinski definition) is 8. The molecule has 0 spiro atoms. The molecule has 4 heterocycles. The predicted octanol–water partition coefficient (Wildman–Crippen LogP) is 1.66. The van der Waals surface area contributed by atoms with E-state index in [1.807, 2.05) is 12.1 Å². The second-order valence-electron chi connectivity index (χ2n) is 5.67. The summed E-state index contributed by atoms with van der Waals surface area (Å²) >= 11 is 4.81. The summed E-state index contributed by atoms with van der Waals surface area (Å²) in [4.78, 5) is 25.8. The van der Waals surface area contributed by atoms with Gasteiger partial charge in [0.2, 0.25) is 5.89 Å². The minimum absolute atomic E-state index is 0.0978. The van der Waals surface area contributed by atoms with Gasteiger partial charge in [0.05, 0.1) is 16.2 Å². The van der Waals surface area contributed by atoms with Crippen LogP contribution in [-0.4, -0.2) is 34.3 Å². The number of thiophene rings is 1. The topological polar surface area (TPSA) is 112 Å². The fraction of sp³-hybridized carbons (Fsp3) is 0.267. The van der Waals surface area contributed by atoms with Gasteiger partial charge in [-0.2, -0.15) is 4.98 Å². The molecule has 26 heavy (non-hydrogen) atoms. The summed E-state index contributed by atoms with van der Waals surface area (Å²) < 4.78 is 9.15. The molecule has 0 saturated heterocycles. The van der Waals surface area contributed by atoms with Crippen LogP contribution >= 0.6 is 27.3 Å². The van der Waals surface area contributed by atoms with E-state index in [1.54, 1.807) is 17.9 Å². The third-order valence-electron chi connectivity index (χ3n) is 3.81. The number of fused-ring (bicyclic) bond motifs is 1. The van der Waals surface area contributed by atoms with Crippen LogP contribution < -0.4 is 5.56 Å². The van der Waals surface area contributed by atoms with E-state index in [-0.39, 0.29) is 24.4 Å². The first-order chi connectivity index (χ1) is 12.5. The first kappa shape index (κ1) is 17.1. The van der Waals surface area contributed by atoms with Gasteiger partial charge >= 0.3 is 0 Å². The number of aliphatic hydroxyl groups is 1. The molecule has 4 aromatic heterocycles. The summed E-state index contributed by atoms with van der Waals surface area (Å²) in [6.45, 7) is 0.0978. The van der Waals surface area contributed by atoms with E-state index >= 15 is 0 Å². The van der Waals surface area contributed by atoms with Crippen molar-refractivity contribution in [3.05, 3.63) is 55.5 Å². The van der Waals surface area contributed by atoms with E-state index in [0.717, 1.165) is 8.66 Å². The van der Waals surface area contributed by atoms with Crippen LogP contribution in [0, 0.1) is 0 Å². The van der Waals surface area contributed by atoms with E-state index in [9.17, 15) is 9.90 Å². The van der Waals surface area contributed by atoms with Crippen LogP contribution in [0.15, 0.2) is 37.9 Å². The van der Waals surface area contributed by atoms with Gasteiger partial charge in [-0.05, 0) is 28.1 Å². The molecule has 0 amide bonds. The third-order valence-corrected chi connectivity index (χ3v) is 5.54. The largest absolute Gasteiger partial charge is 0.387 e. The highest BCUT2D eigenvalue weighted by Crippen LogP contribution is 2.28. The van der Waals surface area contributed by atoms with Crippen molar-refractivity contribution in [1.29, 1.82) is 0 Å². The maximum Gasteiger partial charge on any atom is 0.280 e. The lowest BCUT2D eigenvalue weighted by atomic mass is 10.2. The van der Waals surface area contributed by atoms with E-state index in [2.05, 4.69) is 36.0 Å². The molecule has 1 N–H and O–H groups in total. The zero-order valence-electron chi connectivity index (χ0n) is 13.5. The Morgan fingerprint density at radius 3 is 2.92 bits per heavy atom. The molecular formula is C15H13BrN6O3S. The molecule has 4 rings (SSSR count). The van der Waals surface area contributed by atoms with Crippen molar-refractivity contribution in [1.82, 2.24) is 29.2 Å². The number of nitrogens with zero attached hydrogens (tertiary/aromatic N) is 6.